The maximum atomic E-state index is 13.4. The van der Waals surface area contributed by atoms with E-state index < -0.39 is 23.8 Å². The van der Waals surface area contributed by atoms with Gasteiger partial charge in [-0.25, -0.2) is 0 Å². The van der Waals surface area contributed by atoms with Crippen molar-refractivity contribution in [2.75, 3.05) is 33.8 Å². The first-order valence-corrected chi connectivity index (χ1v) is 12.1. The molecule has 9 heteroatoms. The normalized spacial score (nSPS) is 22.1. The van der Waals surface area contributed by atoms with Crippen molar-refractivity contribution in [2.45, 2.75) is 57.0 Å². The molecule has 3 heterocycles. The van der Waals surface area contributed by atoms with E-state index in [9.17, 15) is 23.1 Å². The maximum Gasteiger partial charge on any atom is 0.419 e. The van der Waals surface area contributed by atoms with Gasteiger partial charge in [0.05, 0.1) is 24.3 Å². The number of rotatable bonds is 4. The Hall–Kier alpha value is -2.52. The number of carbonyl (C=O) groups excluding carboxylic acids is 1. The van der Waals surface area contributed by atoms with Crippen LogP contribution < -0.4 is 4.74 Å². The zero-order valence-electron chi connectivity index (χ0n) is 20.4. The lowest BCUT2D eigenvalue weighted by atomic mass is 9.81. The Morgan fingerprint density at radius 1 is 1.06 bits per heavy atom. The second-order valence-corrected chi connectivity index (χ2v) is 10.5. The zero-order valence-corrected chi connectivity index (χ0v) is 20.4. The summed E-state index contributed by atoms with van der Waals surface area (Å²) in [5.74, 6) is -0.700. The first-order chi connectivity index (χ1) is 16.5. The molecular formula is C26H32F3N3O3. The van der Waals surface area contributed by atoms with Crippen molar-refractivity contribution in [3.63, 3.8) is 0 Å². The summed E-state index contributed by atoms with van der Waals surface area (Å²) in [5.41, 5.74) is 0.866. The lowest BCUT2D eigenvalue weighted by molar-refractivity contribution is -0.138. The molecule has 35 heavy (non-hydrogen) atoms. The van der Waals surface area contributed by atoms with Crippen LogP contribution in [0.5, 0.6) is 5.75 Å². The van der Waals surface area contributed by atoms with Crippen molar-refractivity contribution in [3.8, 4) is 5.75 Å². The molecule has 2 aromatic rings. The molecule has 2 fully saturated rings. The smallest absolute Gasteiger partial charge is 0.419 e. The molecule has 1 amide bonds. The van der Waals surface area contributed by atoms with Crippen molar-refractivity contribution in [3.05, 3.63) is 52.8 Å². The van der Waals surface area contributed by atoms with Crippen LogP contribution in [0, 0.1) is 5.41 Å². The van der Waals surface area contributed by atoms with E-state index in [1.807, 2.05) is 6.07 Å². The van der Waals surface area contributed by atoms with Crippen LogP contribution >= 0.6 is 0 Å². The molecular weight excluding hydrogens is 459 g/mol. The highest BCUT2D eigenvalue weighted by Gasteiger charge is 2.49. The number of hydrogen-bond donors (Lipinski definition) is 1. The number of piperidine rings is 1. The second kappa shape index (κ2) is 8.27. The van der Waals surface area contributed by atoms with Crippen molar-refractivity contribution < 1.29 is 27.8 Å². The molecule has 0 radical (unpaired) electrons. The van der Waals surface area contributed by atoms with Gasteiger partial charge in [0.1, 0.15) is 5.75 Å². The van der Waals surface area contributed by atoms with Crippen LogP contribution in [-0.2, 0) is 18.3 Å². The van der Waals surface area contributed by atoms with Gasteiger partial charge in [0.15, 0.2) is 0 Å². The third-order valence-corrected chi connectivity index (χ3v) is 8.49. The van der Waals surface area contributed by atoms with Crippen molar-refractivity contribution in [2.24, 2.45) is 5.41 Å². The van der Waals surface area contributed by atoms with E-state index in [-0.39, 0.29) is 22.3 Å². The van der Waals surface area contributed by atoms with Gasteiger partial charge >= 0.3 is 6.18 Å². The predicted molar refractivity (Wildman–Crippen MR) is 124 cm³/mol. The van der Waals surface area contributed by atoms with E-state index in [0.29, 0.717) is 25.9 Å². The Bertz CT molecular complexity index is 1130. The fourth-order valence-electron chi connectivity index (χ4n) is 5.83. The largest absolute Gasteiger partial charge is 0.496 e. The van der Waals surface area contributed by atoms with Crippen molar-refractivity contribution in [1.29, 1.82) is 0 Å². The monoisotopic (exact) mass is 491 g/mol. The van der Waals surface area contributed by atoms with Gasteiger partial charge in [0.2, 0.25) is 0 Å². The van der Waals surface area contributed by atoms with Gasteiger partial charge in [-0.3, -0.25) is 9.69 Å². The number of likely N-dealkylation sites (N-methyl/N-ethyl adjacent to an activating group) is 1. The van der Waals surface area contributed by atoms with E-state index in [1.54, 1.807) is 4.90 Å². The minimum atomic E-state index is -4.61. The summed E-state index contributed by atoms with van der Waals surface area (Å²) in [6.07, 6.45) is -1.70. The number of aliphatic hydroxyl groups excluding tert-OH is 1. The van der Waals surface area contributed by atoms with Crippen LogP contribution in [-0.4, -0.2) is 59.2 Å². The minimum absolute atomic E-state index is 0.0116. The van der Waals surface area contributed by atoms with Gasteiger partial charge in [0, 0.05) is 43.1 Å². The van der Waals surface area contributed by atoms with Gasteiger partial charge in [-0.2, -0.15) is 13.2 Å². The van der Waals surface area contributed by atoms with Crippen LogP contribution in [0.25, 0.3) is 0 Å². The number of methoxy groups -OCH3 is 1. The molecule has 1 aromatic carbocycles. The average Bonchev–Trinajstić information content (AvgIpc) is 3.44. The Kier molecular flexibility index (Phi) is 5.71. The van der Waals surface area contributed by atoms with Gasteiger partial charge < -0.3 is 19.3 Å². The minimum Gasteiger partial charge on any atom is -0.496 e. The number of likely N-dealkylation sites (tertiary alicyclic amines) is 1. The molecule has 1 unspecified atom stereocenters. The number of carbonyl (C=O) groups is 1. The number of hydrogen-bond acceptors (Lipinski definition) is 4. The molecule has 0 bridgehead atoms. The van der Waals surface area contributed by atoms with Crippen LogP contribution in [0.2, 0.25) is 0 Å². The molecule has 1 saturated carbocycles. The number of nitrogens with zero attached hydrogens (tertiary/aromatic N) is 3. The summed E-state index contributed by atoms with van der Waals surface area (Å²) >= 11 is 0. The van der Waals surface area contributed by atoms with E-state index in [0.717, 1.165) is 43.4 Å². The van der Waals surface area contributed by atoms with Crippen LogP contribution in [0.15, 0.2) is 30.3 Å². The molecule has 1 aliphatic carbocycles. The summed E-state index contributed by atoms with van der Waals surface area (Å²) in [4.78, 5) is 17.1. The molecule has 1 saturated heterocycles. The highest BCUT2D eigenvalue weighted by molar-refractivity contribution is 5.94. The number of aromatic nitrogens is 1. The lowest BCUT2D eigenvalue weighted by Gasteiger charge is -2.51. The van der Waals surface area contributed by atoms with Crippen molar-refractivity contribution >= 4 is 5.91 Å². The van der Waals surface area contributed by atoms with E-state index >= 15 is 0 Å². The lowest BCUT2D eigenvalue weighted by Crippen LogP contribution is -2.56. The van der Waals surface area contributed by atoms with Gasteiger partial charge in [0.25, 0.3) is 5.91 Å². The zero-order chi connectivity index (χ0) is 25.2. The number of halogens is 3. The van der Waals surface area contributed by atoms with Crippen LogP contribution in [0.4, 0.5) is 13.2 Å². The van der Waals surface area contributed by atoms with Gasteiger partial charge in [-0.05, 0) is 68.5 Å². The van der Waals surface area contributed by atoms with Crippen LogP contribution in [0.1, 0.15) is 66.0 Å². The Balaban J connectivity index is 1.37. The molecule has 3 aliphatic rings. The standard InChI is InChI=1S/C26H32F3N3O3/c1-24(8-9-24)22(33)19-5-7-21-25(30(2)14-15-32(19)21)10-12-31(13-11-25)23(34)17-4-6-20(35-3)18(16-17)26(27,28)29/h4-7,16,22,33H,8-15H2,1-3H3. The summed E-state index contributed by atoms with van der Waals surface area (Å²) in [7, 11) is 3.27. The Morgan fingerprint density at radius 3 is 2.34 bits per heavy atom. The highest BCUT2D eigenvalue weighted by atomic mass is 19.4. The van der Waals surface area contributed by atoms with Gasteiger partial charge in [-0.15, -0.1) is 0 Å². The first kappa shape index (κ1) is 24.2. The summed E-state index contributed by atoms with van der Waals surface area (Å²) < 4.78 is 47.4. The molecule has 1 spiro atoms. The Labute approximate surface area is 203 Å². The van der Waals surface area contributed by atoms with E-state index in [2.05, 4.69) is 29.5 Å². The van der Waals surface area contributed by atoms with Gasteiger partial charge in [-0.1, -0.05) is 6.92 Å². The van der Waals surface area contributed by atoms with Crippen LogP contribution in [0.3, 0.4) is 0 Å². The summed E-state index contributed by atoms with van der Waals surface area (Å²) in [6.45, 7) is 4.64. The second-order valence-electron chi connectivity index (χ2n) is 10.5. The Morgan fingerprint density at radius 2 is 1.74 bits per heavy atom. The summed E-state index contributed by atoms with van der Waals surface area (Å²) in [5, 5.41) is 11.0. The molecule has 5 rings (SSSR count). The fraction of sp³-hybridized carbons (Fsp3) is 0.577. The number of ether oxygens (including phenoxy) is 1. The first-order valence-electron chi connectivity index (χ1n) is 12.1. The molecule has 2 aliphatic heterocycles. The SMILES string of the molecule is COc1ccc(C(=O)N2CCC3(CC2)c2ccc(C(O)C4(C)CC4)n2CCN3C)cc1C(F)(F)F. The number of alkyl halides is 3. The molecule has 1 aromatic heterocycles. The van der Waals surface area contributed by atoms with Crippen molar-refractivity contribution in [1.82, 2.24) is 14.4 Å². The predicted octanol–water partition coefficient (Wildman–Crippen LogP) is 4.43. The third-order valence-electron chi connectivity index (χ3n) is 8.49. The molecule has 1 N–H and O–H groups in total. The number of amides is 1. The average molecular weight is 492 g/mol. The highest BCUT2D eigenvalue weighted by Crippen LogP contribution is 2.55. The number of aliphatic hydroxyl groups is 1. The topological polar surface area (TPSA) is 57.9 Å². The fourth-order valence-corrected chi connectivity index (χ4v) is 5.83. The third kappa shape index (κ3) is 3.93. The number of fused-ring (bicyclic) bond motifs is 2. The van der Waals surface area contributed by atoms with E-state index in [4.69, 9.17) is 4.74 Å². The molecule has 1 atom stereocenters. The number of benzene rings is 1. The molecule has 190 valence electrons. The molecule has 6 nitrogen and oxygen atoms in total. The van der Waals surface area contributed by atoms with E-state index in [1.165, 1.54) is 19.2 Å². The summed E-state index contributed by atoms with van der Waals surface area (Å²) in [6, 6.07) is 7.63. The quantitative estimate of drug-likeness (QED) is 0.688. The maximum absolute atomic E-state index is 13.4.